The lowest BCUT2D eigenvalue weighted by Crippen LogP contribution is -2.10. The molecule has 3 rings (SSSR count). The lowest BCUT2D eigenvalue weighted by atomic mass is 10.2. The maximum Gasteiger partial charge on any atom is 0.269 e. The zero-order chi connectivity index (χ0) is 16.4. The van der Waals surface area contributed by atoms with E-state index in [9.17, 15) is 9.18 Å². The second-order valence-electron chi connectivity index (χ2n) is 4.94. The van der Waals surface area contributed by atoms with E-state index in [1.165, 1.54) is 23.5 Å². The number of nitrogens with one attached hydrogen (secondary N) is 1. The number of carbonyl (C=O) groups is 1. The van der Waals surface area contributed by atoms with E-state index in [1.807, 2.05) is 0 Å². The number of aryl methyl sites for hydroxylation is 1. The Hall–Kier alpha value is -1.57. The topological polar surface area (TPSA) is 54.9 Å². The molecular weight excluding hydrogens is 357 g/mol. The largest absolute Gasteiger partial charge is 0.296 e. The average molecular weight is 370 g/mol. The maximum absolute atomic E-state index is 13.3. The second-order valence-corrected chi connectivity index (χ2v) is 7.44. The summed E-state index contributed by atoms with van der Waals surface area (Å²) in [4.78, 5) is 12.7. The Morgan fingerprint density at radius 3 is 2.96 bits per heavy atom. The molecule has 2 heterocycles. The molecule has 120 valence electrons. The van der Waals surface area contributed by atoms with Crippen molar-refractivity contribution in [1.29, 1.82) is 0 Å². The van der Waals surface area contributed by atoms with Crippen molar-refractivity contribution in [3.63, 3.8) is 0 Å². The van der Waals surface area contributed by atoms with Crippen LogP contribution in [0.5, 0.6) is 0 Å². The highest BCUT2D eigenvalue weighted by molar-refractivity contribution is 7.22. The molecule has 0 aliphatic carbocycles. The Labute approximate surface area is 145 Å². The van der Waals surface area contributed by atoms with Crippen LogP contribution in [0.1, 0.15) is 34.4 Å². The molecule has 1 N–H and O–H groups in total. The Bertz CT molecular complexity index is 862. The van der Waals surface area contributed by atoms with Gasteiger partial charge in [0, 0.05) is 16.5 Å². The minimum absolute atomic E-state index is 0.332. The highest BCUT2D eigenvalue weighted by atomic mass is 35.5. The number of thiophene rings is 1. The van der Waals surface area contributed by atoms with Crippen molar-refractivity contribution in [1.82, 2.24) is 10.2 Å². The third kappa shape index (κ3) is 3.52. The predicted molar refractivity (Wildman–Crippen MR) is 93.3 cm³/mol. The number of nitrogens with zero attached hydrogens (tertiary/aromatic N) is 2. The summed E-state index contributed by atoms with van der Waals surface area (Å²) in [6.45, 7) is 2.11. The standard InChI is InChI=1S/C15H13ClFN3OS2/c1-2-3-4-11-19-20-15(23-11)18-14(21)13-12(16)9-6-5-8(17)7-10(9)22-13/h5-7H,2-4H2,1H3,(H,18,20,21). The number of benzene rings is 1. The zero-order valence-corrected chi connectivity index (χ0v) is 14.6. The van der Waals surface area contributed by atoms with Gasteiger partial charge < -0.3 is 0 Å². The Morgan fingerprint density at radius 1 is 1.35 bits per heavy atom. The number of hydrogen-bond acceptors (Lipinski definition) is 5. The fraction of sp³-hybridized carbons (Fsp3) is 0.267. The van der Waals surface area contributed by atoms with Crippen LogP contribution in [0, 0.1) is 5.82 Å². The Morgan fingerprint density at radius 2 is 2.17 bits per heavy atom. The summed E-state index contributed by atoms with van der Waals surface area (Å²) in [5.74, 6) is -0.707. The van der Waals surface area contributed by atoms with Crippen LogP contribution in [0.2, 0.25) is 5.02 Å². The van der Waals surface area contributed by atoms with Gasteiger partial charge in [-0.25, -0.2) is 4.39 Å². The van der Waals surface area contributed by atoms with Crippen molar-refractivity contribution in [3.8, 4) is 0 Å². The number of halogens is 2. The Balaban J connectivity index is 1.80. The van der Waals surface area contributed by atoms with Crippen molar-refractivity contribution in [2.45, 2.75) is 26.2 Å². The molecule has 0 bridgehead atoms. The summed E-state index contributed by atoms with van der Waals surface area (Å²) in [7, 11) is 0. The number of amides is 1. The van der Waals surface area contributed by atoms with Gasteiger partial charge in [-0.15, -0.1) is 21.5 Å². The van der Waals surface area contributed by atoms with E-state index < -0.39 is 0 Å². The summed E-state index contributed by atoms with van der Waals surface area (Å²) < 4.78 is 13.9. The highest BCUT2D eigenvalue weighted by Crippen LogP contribution is 2.36. The molecule has 2 aromatic heterocycles. The van der Waals surface area contributed by atoms with Gasteiger partial charge in [0.25, 0.3) is 5.91 Å². The number of aromatic nitrogens is 2. The van der Waals surface area contributed by atoms with E-state index in [2.05, 4.69) is 22.4 Å². The van der Waals surface area contributed by atoms with Crippen LogP contribution in [-0.4, -0.2) is 16.1 Å². The number of anilines is 1. The van der Waals surface area contributed by atoms with Crippen molar-refractivity contribution in [3.05, 3.63) is 38.9 Å². The molecule has 0 saturated heterocycles. The molecule has 0 aliphatic heterocycles. The van der Waals surface area contributed by atoms with E-state index in [0.29, 0.717) is 25.1 Å². The van der Waals surface area contributed by atoms with Gasteiger partial charge in [-0.3, -0.25) is 10.1 Å². The third-order valence-corrected chi connectivity index (χ3v) is 5.78. The van der Waals surface area contributed by atoms with Crippen LogP contribution in [-0.2, 0) is 6.42 Å². The van der Waals surface area contributed by atoms with Crippen LogP contribution < -0.4 is 5.32 Å². The molecule has 0 unspecified atom stereocenters. The van der Waals surface area contributed by atoms with Gasteiger partial charge in [0.2, 0.25) is 5.13 Å². The number of fused-ring (bicyclic) bond motifs is 1. The first kappa shape index (κ1) is 16.3. The Kier molecular flexibility index (Phi) is 4.89. The SMILES string of the molecule is CCCCc1nnc(NC(=O)c2sc3cc(F)ccc3c2Cl)s1. The quantitative estimate of drug-likeness (QED) is 0.677. The van der Waals surface area contributed by atoms with E-state index in [1.54, 1.807) is 6.07 Å². The summed E-state index contributed by atoms with van der Waals surface area (Å²) in [6.07, 6.45) is 2.97. The number of hydrogen-bond donors (Lipinski definition) is 1. The fourth-order valence-corrected chi connectivity index (χ4v) is 4.29. The van der Waals surface area contributed by atoms with E-state index in [-0.39, 0.29) is 11.7 Å². The van der Waals surface area contributed by atoms with Crippen LogP contribution in [0.15, 0.2) is 18.2 Å². The molecule has 0 radical (unpaired) electrons. The number of carbonyl (C=O) groups excluding carboxylic acids is 1. The zero-order valence-electron chi connectivity index (χ0n) is 12.2. The van der Waals surface area contributed by atoms with Gasteiger partial charge >= 0.3 is 0 Å². The van der Waals surface area contributed by atoms with Crippen molar-refractivity contribution < 1.29 is 9.18 Å². The monoisotopic (exact) mass is 369 g/mol. The first-order valence-corrected chi connectivity index (χ1v) is 9.11. The normalized spacial score (nSPS) is 11.1. The maximum atomic E-state index is 13.3. The van der Waals surface area contributed by atoms with Crippen molar-refractivity contribution in [2.24, 2.45) is 0 Å². The minimum Gasteiger partial charge on any atom is -0.296 e. The van der Waals surface area contributed by atoms with Gasteiger partial charge in [0.15, 0.2) is 0 Å². The fourth-order valence-electron chi connectivity index (χ4n) is 2.07. The van der Waals surface area contributed by atoms with Gasteiger partial charge in [-0.1, -0.05) is 36.3 Å². The molecule has 0 aliphatic rings. The van der Waals surface area contributed by atoms with E-state index in [4.69, 9.17) is 11.6 Å². The average Bonchev–Trinajstić information content (AvgIpc) is 3.09. The summed E-state index contributed by atoms with van der Waals surface area (Å²) in [6, 6.07) is 4.28. The molecule has 0 fully saturated rings. The van der Waals surface area contributed by atoms with Gasteiger partial charge in [0.05, 0.1) is 5.02 Å². The molecule has 1 aromatic carbocycles. The first-order valence-electron chi connectivity index (χ1n) is 7.09. The third-order valence-electron chi connectivity index (χ3n) is 3.23. The summed E-state index contributed by atoms with van der Waals surface area (Å²) in [5, 5.41) is 13.1. The lowest BCUT2D eigenvalue weighted by Gasteiger charge is -1.98. The van der Waals surface area contributed by atoms with Gasteiger partial charge in [0.1, 0.15) is 15.7 Å². The van der Waals surface area contributed by atoms with Crippen LogP contribution >= 0.6 is 34.3 Å². The van der Waals surface area contributed by atoms with E-state index >= 15 is 0 Å². The molecule has 1 amide bonds. The molecule has 23 heavy (non-hydrogen) atoms. The lowest BCUT2D eigenvalue weighted by molar-refractivity contribution is 0.103. The molecule has 0 saturated carbocycles. The molecule has 0 spiro atoms. The second kappa shape index (κ2) is 6.90. The minimum atomic E-state index is -0.355. The van der Waals surface area contributed by atoms with Gasteiger partial charge in [-0.05, 0) is 24.6 Å². The van der Waals surface area contributed by atoms with Crippen LogP contribution in [0.4, 0.5) is 9.52 Å². The molecule has 0 atom stereocenters. The van der Waals surface area contributed by atoms with E-state index in [0.717, 1.165) is 35.6 Å². The first-order chi connectivity index (χ1) is 11.1. The molecule has 3 aromatic rings. The van der Waals surface area contributed by atoms with Crippen molar-refractivity contribution >= 4 is 55.4 Å². The van der Waals surface area contributed by atoms with Crippen LogP contribution in [0.3, 0.4) is 0 Å². The highest BCUT2D eigenvalue weighted by Gasteiger charge is 2.19. The number of rotatable bonds is 5. The summed E-state index contributed by atoms with van der Waals surface area (Å²) in [5.41, 5.74) is 0. The predicted octanol–water partition coefficient (Wildman–Crippen LogP) is 5.14. The molecule has 4 nitrogen and oxygen atoms in total. The van der Waals surface area contributed by atoms with Gasteiger partial charge in [-0.2, -0.15) is 0 Å². The van der Waals surface area contributed by atoms with Crippen LogP contribution in [0.25, 0.3) is 10.1 Å². The van der Waals surface area contributed by atoms with Crippen molar-refractivity contribution in [2.75, 3.05) is 5.32 Å². The molecule has 8 heteroatoms. The summed E-state index contributed by atoms with van der Waals surface area (Å²) >= 11 is 8.76. The number of unbranched alkanes of at least 4 members (excludes halogenated alkanes) is 1. The smallest absolute Gasteiger partial charge is 0.269 e. The molecular formula is C15H13ClFN3OS2.